The molecule has 2 rings (SSSR count). The summed E-state index contributed by atoms with van der Waals surface area (Å²) in [6.07, 6.45) is 1.33. The summed E-state index contributed by atoms with van der Waals surface area (Å²) in [4.78, 5) is 16.2. The van der Waals surface area contributed by atoms with E-state index >= 15 is 0 Å². The number of pyridine rings is 1. The third kappa shape index (κ3) is 4.12. The smallest absolute Gasteiger partial charge is 0.253 e. The molecule has 2 aromatic rings. The molecule has 3 N–H and O–H groups in total. The van der Waals surface area contributed by atoms with E-state index in [-0.39, 0.29) is 22.3 Å². The molecule has 4 nitrogen and oxygen atoms in total. The molecule has 122 valence electrons. The van der Waals surface area contributed by atoms with Crippen LogP contribution >= 0.6 is 23.2 Å². The Morgan fingerprint density at radius 1 is 1.30 bits per heavy atom. The van der Waals surface area contributed by atoms with Crippen molar-refractivity contribution < 1.29 is 9.18 Å². The molecular weight excluding hydrogens is 340 g/mol. The van der Waals surface area contributed by atoms with E-state index in [1.165, 1.54) is 18.3 Å². The van der Waals surface area contributed by atoms with E-state index in [2.05, 4.69) is 10.3 Å². The van der Waals surface area contributed by atoms with Crippen LogP contribution in [0.4, 0.5) is 10.2 Å². The molecular formula is C16H16Cl2FN3O. The average Bonchev–Trinajstić information content (AvgIpc) is 2.48. The molecule has 1 heterocycles. The maximum absolute atomic E-state index is 14.1. The molecule has 0 bridgehead atoms. The molecule has 1 aromatic carbocycles. The third-order valence-electron chi connectivity index (χ3n) is 3.38. The van der Waals surface area contributed by atoms with Gasteiger partial charge in [-0.3, -0.25) is 4.79 Å². The van der Waals surface area contributed by atoms with E-state index in [9.17, 15) is 9.18 Å². The van der Waals surface area contributed by atoms with Gasteiger partial charge in [-0.25, -0.2) is 9.37 Å². The molecule has 0 saturated carbocycles. The van der Waals surface area contributed by atoms with Gasteiger partial charge >= 0.3 is 0 Å². The Hall–Kier alpha value is -1.85. The highest BCUT2D eigenvalue weighted by Crippen LogP contribution is 2.27. The molecule has 23 heavy (non-hydrogen) atoms. The average molecular weight is 356 g/mol. The fraction of sp³-hybridized carbons (Fsp3) is 0.250. The van der Waals surface area contributed by atoms with Gasteiger partial charge in [0.05, 0.1) is 16.6 Å². The van der Waals surface area contributed by atoms with Crippen LogP contribution in [0.5, 0.6) is 0 Å². The van der Waals surface area contributed by atoms with E-state index < -0.39 is 17.8 Å². The van der Waals surface area contributed by atoms with Gasteiger partial charge in [-0.05, 0) is 24.1 Å². The zero-order valence-electron chi connectivity index (χ0n) is 12.6. The lowest BCUT2D eigenvalue weighted by molar-refractivity contribution is 0.0924. The zero-order valence-corrected chi connectivity index (χ0v) is 14.1. The van der Waals surface area contributed by atoms with E-state index in [0.29, 0.717) is 10.6 Å². The Labute approximate surface area is 143 Å². The van der Waals surface area contributed by atoms with Crippen LogP contribution in [0.15, 0.2) is 30.5 Å². The van der Waals surface area contributed by atoms with Gasteiger partial charge in [0.15, 0.2) is 0 Å². The SMILES string of the molecule is CC(C)C(NC(=O)c1cnc(N)c(Cl)c1)c1ccc(Cl)cc1F. The number of rotatable bonds is 4. The molecule has 0 aliphatic heterocycles. The fourth-order valence-corrected chi connectivity index (χ4v) is 2.48. The summed E-state index contributed by atoms with van der Waals surface area (Å²) in [6, 6.07) is 5.28. The van der Waals surface area contributed by atoms with Crippen LogP contribution in [-0.4, -0.2) is 10.9 Å². The van der Waals surface area contributed by atoms with Crippen LogP contribution in [-0.2, 0) is 0 Å². The van der Waals surface area contributed by atoms with Crippen molar-refractivity contribution in [2.24, 2.45) is 5.92 Å². The van der Waals surface area contributed by atoms with Crippen molar-refractivity contribution in [3.63, 3.8) is 0 Å². The van der Waals surface area contributed by atoms with Crippen LogP contribution < -0.4 is 11.1 Å². The van der Waals surface area contributed by atoms with Gasteiger partial charge in [-0.2, -0.15) is 0 Å². The van der Waals surface area contributed by atoms with Gasteiger partial charge in [0.25, 0.3) is 5.91 Å². The number of hydrogen-bond donors (Lipinski definition) is 2. The fourth-order valence-electron chi connectivity index (χ4n) is 2.15. The number of hydrogen-bond acceptors (Lipinski definition) is 3. The number of halogens is 3. The number of carbonyl (C=O) groups is 1. The second-order valence-corrected chi connectivity index (χ2v) is 6.30. The summed E-state index contributed by atoms with van der Waals surface area (Å²) >= 11 is 11.6. The summed E-state index contributed by atoms with van der Waals surface area (Å²) < 4.78 is 14.1. The molecule has 0 aliphatic carbocycles. The number of nitrogens with two attached hydrogens (primary N) is 1. The quantitative estimate of drug-likeness (QED) is 0.861. The Kier molecular flexibility index (Phi) is 5.44. The van der Waals surface area contributed by atoms with Gasteiger partial charge in [-0.15, -0.1) is 0 Å². The van der Waals surface area contributed by atoms with Crippen molar-refractivity contribution in [3.05, 3.63) is 57.5 Å². The summed E-state index contributed by atoms with van der Waals surface area (Å²) in [5.74, 6) is -0.767. The van der Waals surface area contributed by atoms with Crippen LogP contribution in [0.25, 0.3) is 0 Å². The Bertz CT molecular complexity index is 737. The van der Waals surface area contributed by atoms with E-state index in [1.807, 2.05) is 13.8 Å². The minimum Gasteiger partial charge on any atom is -0.382 e. The highest BCUT2D eigenvalue weighted by molar-refractivity contribution is 6.33. The molecule has 1 unspecified atom stereocenters. The molecule has 0 radical (unpaired) electrons. The number of nitrogen functional groups attached to an aromatic ring is 1. The molecule has 0 saturated heterocycles. The van der Waals surface area contributed by atoms with Crippen LogP contribution in [0.3, 0.4) is 0 Å². The molecule has 1 aromatic heterocycles. The molecule has 1 atom stereocenters. The van der Waals surface area contributed by atoms with E-state index in [1.54, 1.807) is 12.1 Å². The highest BCUT2D eigenvalue weighted by Gasteiger charge is 2.22. The number of benzene rings is 1. The van der Waals surface area contributed by atoms with Crippen molar-refractivity contribution in [3.8, 4) is 0 Å². The highest BCUT2D eigenvalue weighted by atomic mass is 35.5. The standard InChI is InChI=1S/C16H16Cl2FN3O/c1-8(2)14(11-4-3-10(17)6-13(11)19)22-16(23)9-5-12(18)15(20)21-7-9/h3-8,14H,1-2H3,(H2,20,21)(H,22,23). The maximum Gasteiger partial charge on any atom is 0.253 e. The molecule has 7 heteroatoms. The van der Waals surface area contributed by atoms with Crippen molar-refractivity contribution >= 4 is 34.9 Å². The van der Waals surface area contributed by atoms with Crippen molar-refractivity contribution in [2.75, 3.05) is 5.73 Å². The van der Waals surface area contributed by atoms with Gasteiger partial charge < -0.3 is 11.1 Å². The van der Waals surface area contributed by atoms with Gasteiger partial charge in [0, 0.05) is 16.8 Å². The lowest BCUT2D eigenvalue weighted by Crippen LogP contribution is -2.32. The monoisotopic (exact) mass is 355 g/mol. The number of amides is 1. The largest absolute Gasteiger partial charge is 0.382 e. The Morgan fingerprint density at radius 3 is 2.57 bits per heavy atom. The topological polar surface area (TPSA) is 68.0 Å². The first-order chi connectivity index (χ1) is 10.8. The second kappa shape index (κ2) is 7.15. The Morgan fingerprint density at radius 2 is 2.00 bits per heavy atom. The van der Waals surface area contributed by atoms with Crippen LogP contribution in [0.1, 0.15) is 35.8 Å². The van der Waals surface area contributed by atoms with Crippen molar-refractivity contribution in [2.45, 2.75) is 19.9 Å². The summed E-state index contributed by atoms with van der Waals surface area (Å²) in [6.45, 7) is 3.76. The first-order valence-corrected chi connectivity index (χ1v) is 7.72. The normalized spacial score (nSPS) is 12.3. The number of aromatic nitrogens is 1. The number of nitrogens with one attached hydrogen (secondary N) is 1. The van der Waals surface area contributed by atoms with Crippen LogP contribution in [0, 0.1) is 11.7 Å². The number of nitrogens with zero attached hydrogens (tertiary/aromatic N) is 1. The minimum atomic E-state index is -0.518. The molecule has 0 aliphatic rings. The predicted octanol–water partition coefficient (Wildman–Crippen LogP) is 4.24. The predicted molar refractivity (Wildman–Crippen MR) is 90.1 cm³/mol. The zero-order chi connectivity index (χ0) is 17.1. The molecule has 1 amide bonds. The van der Waals surface area contributed by atoms with E-state index in [4.69, 9.17) is 28.9 Å². The number of anilines is 1. The van der Waals surface area contributed by atoms with Gasteiger partial charge in [0.1, 0.15) is 11.6 Å². The number of carbonyl (C=O) groups excluding carboxylic acids is 1. The van der Waals surface area contributed by atoms with Gasteiger partial charge in [-0.1, -0.05) is 43.1 Å². The lowest BCUT2D eigenvalue weighted by Gasteiger charge is -2.23. The van der Waals surface area contributed by atoms with Crippen LogP contribution in [0.2, 0.25) is 10.0 Å². The molecule has 0 fully saturated rings. The summed E-state index contributed by atoms with van der Waals surface area (Å²) in [5, 5.41) is 3.29. The van der Waals surface area contributed by atoms with Crippen molar-refractivity contribution in [1.29, 1.82) is 0 Å². The van der Waals surface area contributed by atoms with Crippen molar-refractivity contribution in [1.82, 2.24) is 10.3 Å². The minimum absolute atomic E-state index is 0.0353. The third-order valence-corrected chi connectivity index (χ3v) is 3.92. The molecule has 0 spiro atoms. The first-order valence-electron chi connectivity index (χ1n) is 6.96. The lowest BCUT2D eigenvalue weighted by atomic mass is 9.95. The Balaban J connectivity index is 2.28. The van der Waals surface area contributed by atoms with Gasteiger partial charge in [0.2, 0.25) is 0 Å². The second-order valence-electron chi connectivity index (χ2n) is 5.45. The first kappa shape index (κ1) is 17.5. The summed E-state index contributed by atoms with van der Waals surface area (Å²) in [7, 11) is 0. The van der Waals surface area contributed by atoms with E-state index in [0.717, 1.165) is 0 Å². The summed E-state index contributed by atoms with van der Waals surface area (Å²) in [5.41, 5.74) is 6.15. The maximum atomic E-state index is 14.1.